The van der Waals surface area contributed by atoms with E-state index in [4.69, 9.17) is 0 Å². The van der Waals surface area contributed by atoms with Crippen LogP contribution in [0.5, 0.6) is 0 Å². The molecule has 1 heterocycles. The van der Waals surface area contributed by atoms with Gasteiger partial charge in [-0.3, -0.25) is 0 Å². The molecule has 0 aliphatic heterocycles. The van der Waals surface area contributed by atoms with Gasteiger partial charge in [0.15, 0.2) is 0 Å². The molecule has 0 saturated heterocycles. The summed E-state index contributed by atoms with van der Waals surface area (Å²) in [6, 6.07) is 14.4. The van der Waals surface area contributed by atoms with Crippen LogP contribution in [0.2, 0.25) is 0 Å². The Balaban J connectivity index is 2.16. The molecule has 0 fully saturated rings. The predicted molar refractivity (Wildman–Crippen MR) is 75.4 cm³/mol. The van der Waals surface area contributed by atoms with Crippen LogP contribution in [-0.2, 0) is 0 Å². The molecule has 2 aromatic carbocycles. The topological polar surface area (TPSA) is 22.0 Å². The Kier molecular flexibility index (Phi) is 3.13. The van der Waals surface area contributed by atoms with E-state index in [1.165, 1.54) is 12.1 Å². The predicted octanol–water partition coefficient (Wildman–Crippen LogP) is 2.81. The Bertz CT molecular complexity index is 776. The summed E-state index contributed by atoms with van der Waals surface area (Å²) in [5.41, 5.74) is 1.04. The van der Waals surface area contributed by atoms with E-state index in [0.29, 0.717) is 5.39 Å². The number of hydrogen-bond acceptors (Lipinski definition) is 1. The maximum absolute atomic E-state index is 13.2. The fourth-order valence-corrected chi connectivity index (χ4v) is 4.33. The molecule has 0 aliphatic carbocycles. The Morgan fingerprint density at radius 3 is 2.63 bits per heavy atom. The summed E-state index contributed by atoms with van der Waals surface area (Å²) in [5.74, 6) is -0.350. The number of benzene rings is 2. The van der Waals surface area contributed by atoms with E-state index in [1.54, 1.807) is 6.07 Å². The Hall–Kier alpha value is -1.64. The molecular formula is C15H12FNOSe. The number of aromatic nitrogens is 1. The van der Waals surface area contributed by atoms with Gasteiger partial charge in [0, 0.05) is 0 Å². The van der Waals surface area contributed by atoms with E-state index in [1.807, 2.05) is 40.8 Å². The van der Waals surface area contributed by atoms with Crippen LogP contribution in [0.1, 0.15) is 18.5 Å². The van der Waals surface area contributed by atoms with E-state index in [9.17, 15) is 9.18 Å². The number of rotatable bonds is 2. The molecule has 0 amide bonds. The Morgan fingerprint density at radius 2 is 1.89 bits per heavy atom. The van der Waals surface area contributed by atoms with Gasteiger partial charge in [-0.15, -0.1) is 0 Å². The molecule has 3 aromatic rings. The van der Waals surface area contributed by atoms with E-state index in [0.717, 1.165) is 9.82 Å². The zero-order chi connectivity index (χ0) is 13.4. The summed E-state index contributed by atoms with van der Waals surface area (Å²) < 4.78 is 16.0. The normalized spacial score (nSPS) is 12.7. The second kappa shape index (κ2) is 4.80. The average Bonchev–Trinajstić information content (AvgIpc) is 2.76. The summed E-state index contributed by atoms with van der Waals surface area (Å²) in [6.07, 6.45) is 0. The number of fused-ring (bicyclic) bond motifs is 1. The first-order valence-corrected chi connectivity index (χ1v) is 7.65. The van der Waals surface area contributed by atoms with Crippen LogP contribution in [0.4, 0.5) is 4.39 Å². The van der Waals surface area contributed by atoms with Crippen molar-refractivity contribution >= 4 is 24.4 Å². The van der Waals surface area contributed by atoms with Crippen LogP contribution in [0.25, 0.3) is 9.65 Å². The summed E-state index contributed by atoms with van der Waals surface area (Å²) in [6.45, 7) is 2.01. The van der Waals surface area contributed by atoms with Crippen LogP contribution in [-0.4, -0.2) is 18.3 Å². The van der Waals surface area contributed by atoms with E-state index < -0.39 is 0 Å². The van der Waals surface area contributed by atoms with E-state index in [2.05, 4.69) is 0 Å². The van der Waals surface area contributed by atoms with Crippen LogP contribution in [0.15, 0.2) is 53.3 Å². The molecule has 0 bridgehead atoms. The summed E-state index contributed by atoms with van der Waals surface area (Å²) in [4.78, 5) is 12.3. The quantitative estimate of drug-likeness (QED) is 0.666. The van der Waals surface area contributed by atoms with E-state index in [-0.39, 0.29) is 32.2 Å². The van der Waals surface area contributed by atoms with Crippen molar-refractivity contribution in [2.45, 2.75) is 13.0 Å². The molecule has 1 unspecified atom stereocenters. The minimum absolute atomic E-state index is 0.0177. The van der Waals surface area contributed by atoms with Gasteiger partial charge in [-0.2, -0.15) is 0 Å². The fourth-order valence-electron chi connectivity index (χ4n) is 2.14. The summed E-state index contributed by atoms with van der Waals surface area (Å²) in [7, 11) is 0. The fraction of sp³-hybridized carbons (Fsp3) is 0.133. The van der Waals surface area contributed by atoms with Gasteiger partial charge in [-0.25, -0.2) is 0 Å². The van der Waals surface area contributed by atoms with Crippen molar-refractivity contribution in [1.29, 1.82) is 0 Å². The molecule has 0 spiro atoms. The van der Waals surface area contributed by atoms with Crippen LogP contribution < -0.4 is 5.56 Å². The van der Waals surface area contributed by atoms with Gasteiger partial charge in [0.05, 0.1) is 0 Å². The molecule has 4 heteroatoms. The van der Waals surface area contributed by atoms with Gasteiger partial charge in [-0.1, -0.05) is 0 Å². The summed E-state index contributed by atoms with van der Waals surface area (Å²) >= 11 is -0.0740. The van der Waals surface area contributed by atoms with Crippen LogP contribution in [0, 0.1) is 5.82 Å². The third-order valence-corrected chi connectivity index (χ3v) is 5.79. The van der Waals surface area contributed by atoms with Crippen molar-refractivity contribution in [2.75, 3.05) is 0 Å². The molecule has 0 N–H and O–H groups in total. The van der Waals surface area contributed by atoms with Crippen molar-refractivity contribution < 1.29 is 4.39 Å². The second-order valence-corrected chi connectivity index (χ2v) is 6.58. The van der Waals surface area contributed by atoms with Crippen molar-refractivity contribution in [3.05, 3.63) is 70.3 Å². The van der Waals surface area contributed by atoms with Crippen LogP contribution >= 0.6 is 0 Å². The Morgan fingerprint density at radius 1 is 1.16 bits per heavy atom. The molecule has 0 radical (unpaired) electrons. The zero-order valence-electron chi connectivity index (χ0n) is 10.3. The van der Waals surface area contributed by atoms with E-state index >= 15 is 0 Å². The standard InChI is InChI=1S/C15H12FNOSe/c1-10(11-5-3-2-4-6-11)17-15(18)13-9-12(16)7-8-14(13)19-17/h2-10H,1H3. The minimum atomic E-state index is -0.350. The van der Waals surface area contributed by atoms with Gasteiger partial charge in [0.25, 0.3) is 0 Å². The van der Waals surface area contributed by atoms with Gasteiger partial charge in [0.1, 0.15) is 0 Å². The van der Waals surface area contributed by atoms with Crippen molar-refractivity contribution in [3.8, 4) is 0 Å². The molecule has 96 valence electrons. The average molecular weight is 320 g/mol. The SMILES string of the molecule is CC(c1ccccc1)n1[se]c2ccc(F)cc2c1=O. The number of hydrogen-bond donors (Lipinski definition) is 0. The monoisotopic (exact) mass is 321 g/mol. The molecule has 1 atom stereocenters. The molecule has 0 saturated carbocycles. The number of halogens is 1. The molecular weight excluding hydrogens is 308 g/mol. The maximum atomic E-state index is 13.2. The third-order valence-electron chi connectivity index (χ3n) is 3.20. The first kappa shape index (κ1) is 12.4. The molecule has 19 heavy (non-hydrogen) atoms. The summed E-state index contributed by atoms with van der Waals surface area (Å²) in [5, 5.41) is 0.516. The number of nitrogens with zero attached hydrogens (tertiary/aromatic N) is 1. The van der Waals surface area contributed by atoms with Crippen LogP contribution in [0.3, 0.4) is 0 Å². The van der Waals surface area contributed by atoms with Crippen molar-refractivity contribution in [2.24, 2.45) is 0 Å². The van der Waals surface area contributed by atoms with Crippen molar-refractivity contribution in [1.82, 2.24) is 3.56 Å². The zero-order valence-corrected chi connectivity index (χ0v) is 12.1. The van der Waals surface area contributed by atoms with Gasteiger partial charge in [-0.05, 0) is 0 Å². The molecule has 3 rings (SSSR count). The van der Waals surface area contributed by atoms with Crippen molar-refractivity contribution in [3.63, 3.8) is 0 Å². The molecule has 0 aliphatic rings. The molecule has 2 nitrogen and oxygen atoms in total. The third kappa shape index (κ3) is 2.18. The molecule has 1 aromatic heterocycles. The first-order valence-electron chi connectivity index (χ1n) is 6.03. The second-order valence-electron chi connectivity index (χ2n) is 4.45. The Labute approximate surface area is 116 Å². The van der Waals surface area contributed by atoms with Gasteiger partial charge < -0.3 is 0 Å². The van der Waals surface area contributed by atoms with Gasteiger partial charge in [0.2, 0.25) is 0 Å². The van der Waals surface area contributed by atoms with Gasteiger partial charge >= 0.3 is 116 Å². The first-order chi connectivity index (χ1) is 9.16.